The molecule has 152 valence electrons. The van der Waals surface area contributed by atoms with Crippen molar-refractivity contribution < 1.29 is 0 Å². The van der Waals surface area contributed by atoms with Crippen LogP contribution in [0.3, 0.4) is 0 Å². The molecule has 0 bridgehead atoms. The van der Waals surface area contributed by atoms with Gasteiger partial charge in [-0.1, -0.05) is 26.0 Å². The van der Waals surface area contributed by atoms with Crippen LogP contribution in [0.1, 0.15) is 62.6 Å². The monoisotopic (exact) mass is 387 g/mol. The second-order valence-electron chi connectivity index (χ2n) is 9.53. The Kier molecular flexibility index (Phi) is 5.30. The van der Waals surface area contributed by atoms with E-state index >= 15 is 0 Å². The number of nitriles is 1. The van der Waals surface area contributed by atoms with E-state index in [-0.39, 0.29) is 0 Å². The molecule has 3 nitrogen and oxygen atoms in total. The fourth-order valence-electron chi connectivity index (χ4n) is 5.29. The molecule has 2 aromatic carbocycles. The van der Waals surface area contributed by atoms with Gasteiger partial charge in [0.05, 0.1) is 11.6 Å². The molecule has 2 aliphatic rings. The van der Waals surface area contributed by atoms with Crippen molar-refractivity contribution in [2.75, 3.05) is 29.4 Å². The predicted octanol–water partition coefficient (Wildman–Crippen LogP) is 5.88. The second-order valence-corrected chi connectivity index (χ2v) is 9.53. The summed E-state index contributed by atoms with van der Waals surface area (Å²) in [5.41, 5.74) is 6.35. The Morgan fingerprint density at radius 1 is 1.03 bits per heavy atom. The molecule has 2 saturated heterocycles. The van der Waals surface area contributed by atoms with Crippen molar-refractivity contribution in [3.05, 3.63) is 59.2 Å². The smallest absolute Gasteiger partial charge is 0.0994 e. The highest BCUT2D eigenvalue weighted by atomic mass is 15.2. The molecule has 0 radical (unpaired) electrons. The van der Waals surface area contributed by atoms with Crippen LogP contribution in [0.2, 0.25) is 0 Å². The average Bonchev–Trinajstić information content (AvgIpc) is 3.04. The van der Waals surface area contributed by atoms with Gasteiger partial charge < -0.3 is 9.80 Å². The van der Waals surface area contributed by atoms with E-state index in [0.717, 1.165) is 30.8 Å². The summed E-state index contributed by atoms with van der Waals surface area (Å²) in [6.07, 6.45) is 3.79. The summed E-state index contributed by atoms with van der Waals surface area (Å²) in [6.45, 7) is 12.3. The lowest BCUT2D eigenvalue weighted by Crippen LogP contribution is -2.41. The third-order valence-corrected chi connectivity index (χ3v) is 7.18. The molecule has 2 aliphatic heterocycles. The van der Waals surface area contributed by atoms with Crippen LogP contribution in [0, 0.1) is 23.7 Å². The van der Waals surface area contributed by atoms with E-state index in [1.807, 2.05) is 13.0 Å². The first-order chi connectivity index (χ1) is 13.9. The Hall–Kier alpha value is -2.47. The highest BCUT2D eigenvalue weighted by Gasteiger charge is 2.44. The predicted molar refractivity (Wildman–Crippen MR) is 122 cm³/mol. The van der Waals surface area contributed by atoms with E-state index in [1.54, 1.807) is 0 Å². The second kappa shape index (κ2) is 7.75. The number of piperidine rings is 1. The van der Waals surface area contributed by atoms with Gasteiger partial charge in [0.2, 0.25) is 0 Å². The summed E-state index contributed by atoms with van der Waals surface area (Å²) >= 11 is 0. The minimum Gasteiger partial charge on any atom is -0.371 e. The fourth-order valence-corrected chi connectivity index (χ4v) is 5.29. The molecular weight excluding hydrogens is 354 g/mol. The molecule has 1 spiro atoms. The summed E-state index contributed by atoms with van der Waals surface area (Å²) < 4.78 is 0. The number of anilines is 2. The minimum atomic E-state index is 0.426. The number of benzene rings is 2. The lowest BCUT2D eigenvalue weighted by Gasteiger charge is -2.40. The molecule has 2 fully saturated rings. The normalized spacial score (nSPS) is 21.0. The highest BCUT2D eigenvalue weighted by molar-refractivity contribution is 5.55. The molecule has 1 atom stereocenters. The summed E-state index contributed by atoms with van der Waals surface area (Å²) in [5.74, 6) is 0.588. The van der Waals surface area contributed by atoms with Gasteiger partial charge in [-0.2, -0.15) is 5.26 Å². The van der Waals surface area contributed by atoms with Crippen LogP contribution < -0.4 is 9.80 Å². The van der Waals surface area contributed by atoms with Crippen LogP contribution in [0.5, 0.6) is 0 Å². The standard InChI is InChI=1S/C26H33N3/c1-19(2)22-5-8-24(9-6-22)28-13-11-26(12-14-28)16-21(4)29(18-26)25-10-7-23(17-27)20(3)15-25/h5-10,15,19,21H,11-14,16,18H2,1-4H3/t21-/m0/s1. The van der Waals surface area contributed by atoms with Crippen molar-refractivity contribution in [1.29, 1.82) is 5.26 Å². The molecule has 3 heteroatoms. The first kappa shape index (κ1) is 19.8. The zero-order valence-electron chi connectivity index (χ0n) is 18.3. The first-order valence-corrected chi connectivity index (χ1v) is 11.0. The zero-order chi connectivity index (χ0) is 20.6. The molecule has 0 amide bonds. The quantitative estimate of drug-likeness (QED) is 0.659. The highest BCUT2D eigenvalue weighted by Crippen LogP contribution is 2.45. The Morgan fingerprint density at radius 3 is 2.28 bits per heavy atom. The van der Waals surface area contributed by atoms with E-state index in [0.29, 0.717) is 17.4 Å². The van der Waals surface area contributed by atoms with Crippen LogP contribution >= 0.6 is 0 Å². The van der Waals surface area contributed by atoms with E-state index in [2.05, 4.69) is 73.0 Å². The molecule has 2 heterocycles. The van der Waals surface area contributed by atoms with Crippen LogP contribution in [0.15, 0.2) is 42.5 Å². The SMILES string of the molecule is Cc1cc(N2CC3(CCN(c4ccc(C(C)C)cc4)CC3)C[C@@H]2C)ccc1C#N. The summed E-state index contributed by atoms with van der Waals surface area (Å²) in [7, 11) is 0. The number of rotatable bonds is 3. The fraction of sp³-hybridized carbons (Fsp3) is 0.500. The maximum atomic E-state index is 9.22. The van der Waals surface area contributed by atoms with Crippen molar-refractivity contribution in [2.45, 2.75) is 58.9 Å². The van der Waals surface area contributed by atoms with Crippen molar-refractivity contribution in [3.8, 4) is 6.07 Å². The van der Waals surface area contributed by atoms with Gasteiger partial charge in [-0.15, -0.1) is 0 Å². The molecule has 0 saturated carbocycles. The largest absolute Gasteiger partial charge is 0.371 e. The Bertz CT molecular complexity index is 899. The van der Waals surface area contributed by atoms with Gasteiger partial charge in [-0.25, -0.2) is 0 Å². The average molecular weight is 388 g/mol. The lowest BCUT2D eigenvalue weighted by atomic mass is 9.76. The summed E-state index contributed by atoms with van der Waals surface area (Å²) in [6, 6.07) is 18.3. The van der Waals surface area contributed by atoms with Crippen LogP contribution in [0.4, 0.5) is 11.4 Å². The molecule has 4 rings (SSSR count). The van der Waals surface area contributed by atoms with Crippen LogP contribution in [-0.4, -0.2) is 25.7 Å². The Labute approximate surface area is 175 Å². The van der Waals surface area contributed by atoms with E-state index in [1.165, 1.54) is 36.2 Å². The lowest BCUT2D eigenvalue weighted by molar-refractivity contribution is 0.245. The van der Waals surface area contributed by atoms with Gasteiger partial charge in [0.1, 0.15) is 0 Å². The van der Waals surface area contributed by atoms with Crippen molar-refractivity contribution >= 4 is 11.4 Å². The third-order valence-electron chi connectivity index (χ3n) is 7.18. The van der Waals surface area contributed by atoms with Gasteiger partial charge in [0, 0.05) is 37.1 Å². The van der Waals surface area contributed by atoms with E-state index < -0.39 is 0 Å². The summed E-state index contributed by atoms with van der Waals surface area (Å²) in [5, 5.41) is 9.22. The number of hydrogen-bond donors (Lipinski definition) is 0. The van der Waals surface area contributed by atoms with Gasteiger partial charge in [-0.05, 0) is 85.9 Å². The van der Waals surface area contributed by atoms with Gasteiger partial charge >= 0.3 is 0 Å². The summed E-state index contributed by atoms with van der Waals surface area (Å²) in [4.78, 5) is 5.13. The molecule has 0 aliphatic carbocycles. The molecule has 0 unspecified atom stereocenters. The van der Waals surface area contributed by atoms with Crippen LogP contribution in [0.25, 0.3) is 0 Å². The Balaban J connectivity index is 1.43. The third kappa shape index (κ3) is 3.86. The molecule has 0 N–H and O–H groups in total. The minimum absolute atomic E-state index is 0.426. The zero-order valence-corrected chi connectivity index (χ0v) is 18.3. The topological polar surface area (TPSA) is 30.3 Å². The first-order valence-electron chi connectivity index (χ1n) is 11.0. The van der Waals surface area contributed by atoms with Gasteiger partial charge in [0.15, 0.2) is 0 Å². The maximum absolute atomic E-state index is 9.22. The number of aryl methyl sites for hydroxylation is 1. The maximum Gasteiger partial charge on any atom is 0.0994 e. The van der Waals surface area contributed by atoms with Crippen LogP contribution in [-0.2, 0) is 0 Å². The van der Waals surface area contributed by atoms with Gasteiger partial charge in [-0.3, -0.25) is 0 Å². The number of nitrogens with zero attached hydrogens (tertiary/aromatic N) is 3. The molecule has 29 heavy (non-hydrogen) atoms. The van der Waals surface area contributed by atoms with Crippen molar-refractivity contribution in [1.82, 2.24) is 0 Å². The van der Waals surface area contributed by atoms with E-state index in [4.69, 9.17) is 0 Å². The molecule has 0 aromatic heterocycles. The van der Waals surface area contributed by atoms with E-state index in [9.17, 15) is 5.26 Å². The van der Waals surface area contributed by atoms with Gasteiger partial charge in [0.25, 0.3) is 0 Å². The van der Waals surface area contributed by atoms with Crippen molar-refractivity contribution in [2.24, 2.45) is 5.41 Å². The van der Waals surface area contributed by atoms with Crippen molar-refractivity contribution in [3.63, 3.8) is 0 Å². The molecule has 2 aromatic rings. The number of hydrogen-bond acceptors (Lipinski definition) is 3. The molecular formula is C26H33N3. The Morgan fingerprint density at radius 2 is 1.69 bits per heavy atom.